The highest BCUT2D eigenvalue weighted by Crippen LogP contribution is 2.39. The molecule has 4 rings (SSSR count). The molecule has 2 N–H and O–H groups in total. The van der Waals surface area contributed by atoms with Gasteiger partial charge < -0.3 is 20.0 Å². The van der Waals surface area contributed by atoms with Gasteiger partial charge in [-0.2, -0.15) is 13.2 Å². The summed E-state index contributed by atoms with van der Waals surface area (Å²) < 4.78 is 54.1. The Labute approximate surface area is 224 Å². The minimum Gasteiger partial charge on any atom is -0.394 e. The normalized spacial score (nSPS) is 17.9. The summed E-state index contributed by atoms with van der Waals surface area (Å²) in [5.41, 5.74) is 0.187. The number of aliphatic hydroxyl groups is 2. The summed E-state index contributed by atoms with van der Waals surface area (Å²) in [6, 6.07) is 10.3. The van der Waals surface area contributed by atoms with Crippen LogP contribution >= 0.6 is 0 Å². The van der Waals surface area contributed by atoms with Crippen LogP contribution in [0.3, 0.4) is 0 Å². The van der Waals surface area contributed by atoms with Gasteiger partial charge in [-0.1, -0.05) is 24.3 Å². The van der Waals surface area contributed by atoms with E-state index in [9.17, 15) is 32.6 Å². The van der Waals surface area contributed by atoms with E-state index < -0.39 is 35.0 Å². The Balaban J connectivity index is 1.79. The molecular weight excluding hydrogens is 514 g/mol. The van der Waals surface area contributed by atoms with Crippen LogP contribution in [-0.4, -0.2) is 53.4 Å². The lowest BCUT2D eigenvalue weighted by atomic mass is 9.82. The molecule has 1 aromatic heterocycles. The number of hydrogen-bond donors (Lipinski definition) is 2. The standard InChI is InChI=1S/C29H31F4N3O3/c1-17-10-20(30)8-9-23(17)24-13-26(36-15-22(38)12-21(36)16-37)34-14-25(24)35(4)27(39)28(2,3)18-6-5-7-19(11-18)29(31,32)33/h5-11,13-14,21-22,37-38H,12,15-16H2,1-4H3. The van der Waals surface area contributed by atoms with Gasteiger partial charge in [0.15, 0.2) is 0 Å². The van der Waals surface area contributed by atoms with Crippen LogP contribution in [-0.2, 0) is 16.4 Å². The van der Waals surface area contributed by atoms with E-state index in [4.69, 9.17) is 0 Å². The number of hydrogen-bond acceptors (Lipinski definition) is 5. The first-order valence-electron chi connectivity index (χ1n) is 12.5. The second kappa shape index (κ2) is 10.6. The zero-order chi connectivity index (χ0) is 28.7. The van der Waals surface area contributed by atoms with Gasteiger partial charge in [0.05, 0.1) is 41.6 Å². The van der Waals surface area contributed by atoms with E-state index in [-0.39, 0.29) is 24.8 Å². The van der Waals surface area contributed by atoms with Crippen LogP contribution in [0.15, 0.2) is 54.7 Å². The number of pyridine rings is 1. The number of alkyl halides is 3. The molecule has 1 amide bonds. The molecule has 1 saturated heterocycles. The van der Waals surface area contributed by atoms with Crippen molar-refractivity contribution in [3.8, 4) is 11.1 Å². The summed E-state index contributed by atoms with van der Waals surface area (Å²) in [6.45, 7) is 4.92. The third-order valence-electron chi connectivity index (χ3n) is 7.36. The minimum absolute atomic E-state index is 0.186. The minimum atomic E-state index is -4.55. The topological polar surface area (TPSA) is 76.9 Å². The summed E-state index contributed by atoms with van der Waals surface area (Å²) >= 11 is 0. The number of amides is 1. The zero-order valence-corrected chi connectivity index (χ0v) is 22.1. The fourth-order valence-electron chi connectivity index (χ4n) is 5.09. The Morgan fingerprint density at radius 2 is 1.79 bits per heavy atom. The highest BCUT2D eigenvalue weighted by Gasteiger charge is 2.38. The molecule has 1 aliphatic heterocycles. The molecule has 2 aromatic carbocycles. The van der Waals surface area contributed by atoms with Crippen molar-refractivity contribution in [1.82, 2.24) is 4.98 Å². The molecule has 0 saturated carbocycles. The highest BCUT2D eigenvalue weighted by molar-refractivity contribution is 6.03. The van der Waals surface area contributed by atoms with Gasteiger partial charge in [0, 0.05) is 19.2 Å². The van der Waals surface area contributed by atoms with Gasteiger partial charge in [-0.05, 0) is 68.1 Å². The van der Waals surface area contributed by atoms with Gasteiger partial charge in [0.2, 0.25) is 5.91 Å². The van der Waals surface area contributed by atoms with Crippen LogP contribution in [0.1, 0.15) is 37.0 Å². The van der Waals surface area contributed by atoms with Gasteiger partial charge in [0.1, 0.15) is 11.6 Å². The van der Waals surface area contributed by atoms with Gasteiger partial charge in [-0.3, -0.25) is 4.79 Å². The number of rotatable bonds is 6. The molecular formula is C29H31F4N3O3. The van der Waals surface area contributed by atoms with Crippen molar-refractivity contribution in [3.63, 3.8) is 0 Å². The number of halogens is 4. The Morgan fingerprint density at radius 3 is 2.44 bits per heavy atom. The Bertz CT molecular complexity index is 1380. The van der Waals surface area contributed by atoms with Gasteiger partial charge in [-0.15, -0.1) is 0 Å². The molecule has 0 spiro atoms. The number of β-amino-alcohol motifs (C(OH)–C–C–N with tert-alkyl or cyclic N) is 1. The molecule has 3 aromatic rings. The van der Waals surface area contributed by atoms with Crippen LogP contribution in [0.2, 0.25) is 0 Å². The van der Waals surface area contributed by atoms with Gasteiger partial charge in [-0.25, -0.2) is 9.37 Å². The number of aromatic nitrogens is 1. The van der Waals surface area contributed by atoms with Crippen LogP contribution in [0.25, 0.3) is 11.1 Å². The van der Waals surface area contributed by atoms with Crippen molar-refractivity contribution in [2.75, 3.05) is 30.0 Å². The Hall–Kier alpha value is -3.50. The van der Waals surface area contributed by atoms with Gasteiger partial charge >= 0.3 is 6.18 Å². The van der Waals surface area contributed by atoms with Crippen LogP contribution < -0.4 is 9.80 Å². The van der Waals surface area contributed by atoms with Crippen molar-refractivity contribution in [2.24, 2.45) is 0 Å². The van der Waals surface area contributed by atoms with Crippen LogP contribution in [0, 0.1) is 12.7 Å². The molecule has 2 atom stereocenters. The molecule has 10 heteroatoms. The van der Waals surface area contributed by atoms with Crippen molar-refractivity contribution in [1.29, 1.82) is 0 Å². The SMILES string of the molecule is Cc1cc(F)ccc1-c1cc(N2CC(O)CC2CO)ncc1N(C)C(=O)C(C)(C)c1cccc(C(F)(F)F)c1. The monoisotopic (exact) mass is 545 g/mol. The molecule has 1 aliphatic rings. The maximum Gasteiger partial charge on any atom is 0.416 e. The summed E-state index contributed by atoms with van der Waals surface area (Å²) in [5, 5.41) is 20.0. The first kappa shape index (κ1) is 28.5. The molecule has 0 bridgehead atoms. The first-order valence-corrected chi connectivity index (χ1v) is 12.5. The number of nitrogens with zero attached hydrogens (tertiary/aromatic N) is 3. The van der Waals surface area contributed by atoms with E-state index in [1.165, 1.54) is 42.4 Å². The number of carbonyl (C=O) groups excluding carboxylic acids is 1. The van der Waals surface area contributed by atoms with Crippen molar-refractivity contribution in [3.05, 3.63) is 77.2 Å². The van der Waals surface area contributed by atoms with Crippen molar-refractivity contribution >= 4 is 17.4 Å². The predicted octanol–water partition coefficient (Wildman–Crippen LogP) is 5.09. The molecule has 0 radical (unpaired) electrons. The van der Waals surface area contributed by atoms with Gasteiger partial charge in [0.25, 0.3) is 0 Å². The third kappa shape index (κ3) is 5.62. The molecule has 208 valence electrons. The average molecular weight is 546 g/mol. The molecule has 2 unspecified atom stereocenters. The fraction of sp³-hybridized carbons (Fsp3) is 0.379. The summed E-state index contributed by atoms with van der Waals surface area (Å²) in [5.74, 6) is -0.432. The fourth-order valence-corrected chi connectivity index (χ4v) is 5.09. The summed E-state index contributed by atoms with van der Waals surface area (Å²) in [7, 11) is 1.52. The summed E-state index contributed by atoms with van der Waals surface area (Å²) in [6.07, 6.45) is -3.35. The number of anilines is 2. The second-order valence-corrected chi connectivity index (χ2v) is 10.5. The first-order chi connectivity index (χ1) is 18.2. The maximum absolute atomic E-state index is 14.0. The summed E-state index contributed by atoms with van der Waals surface area (Å²) in [4.78, 5) is 21.5. The number of benzene rings is 2. The van der Waals surface area contributed by atoms with E-state index in [0.29, 0.717) is 34.6 Å². The van der Waals surface area contributed by atoms with E-state index in [0.717, 1.165) is 12.1 Å². The largest absolute Gasteiger partial charge is 0.416 e. The van der Waals surface area contributed by atoms with Crippen molar-refractivity contribution < 1.29 is 32.6 Å². The number of aryl methyl sites for hydroxylation is 1. The molecule has 2 heterocycles. The smallest absolute Gasteiger partial charge is 0.394 e. The lowest BCUT2D eigenvalue weighted by Gasteiger charge is -2.32. The van der Waals surface area contributed by atoms with E-state index >= 15 is 0 Å². The highest BCUT2D eigenvalue weighted by atomic mass is 19.4. The van der Waals surface area contributed by atoms with Crippen molar-refractivity contribution in [2.45, 2.75) is 50.9 Å². The second-order valence-electron chi connectivity index (χ2n) is 10.5. The molecule has 6 nitrogen and oxygen atoms in total. The van der Waals surface area contributed by atoms with E-state index in [1.807, 2.05) is 0 Å². The number of carbonyl (C=O) groups is 1. The molecule has 1 fully saturated rings. The van der Waals surface area contributed by atoms with Crippen LogP contribution in [0.5, 0.6) is 0 Å². The maximum atomic E-state index is 14.0. The third-order valence-corrected chi connectivity index (χ3v) is 7.36. The molecule has 0 aliphatic carbocycles. The lowest BCUT2D eigenvalue weighted by Crippen LogP contribution is -2.42. The average Bonchev–Trinajstić information content (AvgIpc) is 3.27. The number of likely N-dealkylation sites (N-methyl/N-ethyl adjacent to an activating group) is 1. The zero-order valence-electron chi connectivity index (χ0n) is 22.1. The quantitative estimate of drug-likeness (QED) is 0.422. The predicted molar refractivity (Wildman–Crippen MR) is 141 cm³/mol. The molecule has 39 heavy (non-hydrogen) atoms. The van der Waals surface area contributed by atoms with E-state index in [1.54, 1.807) is 37.8 Å². The Morgan fingerprint density at radius 1 is 1.10 bits per heavy atom. The van der Waals surface area contributed by atoms with Crippen LogP contribution in [0.4, 0.5) is 29.1 Å². The number of aliphatic hydroxyl groups excluding tert-OH is 2. The lowest BCUT2D eigenvalue weighted by molar-refractivity contribution is -0.137. The van der Waals surface area contributed by atoms with E-state index in [2.05, 4.69) is 4.98 Å². The Kier molecular flexibility index (Phi) is 7.73.